The number of amidine groups is 1. The minimum atomic E-state index is -1.22. The van der Waals surface area contributed by atoms with Gasteiger partial charge in [0.05, 0.1) is 18.8 Å². The fourth-order valence-corrected chi connectivity index (χ4v) is 5.12. The van der Waals surface area contributed by atoms with E-state index >= 15 is 0 Å². The zero-order valence-electron chi connectivity index (χ0n) is 23.4. The van der Waals surface area contributed by atoms with Crippen LogP contribution >= 0.6 is 0 Å². The number of morpholine rings is 1. The molecule has 3 aliphatic rings. The SMILES string of the molecule is C=C[C@H](C/C=C(\C)CCCN1C(=C)C(CC(C)=C(C)C)NC2C(=O)NC(O)N=C21)CN1CCO[C@H](C)C1. The molecule has 0 aliphatic carbocycles. The predicted octanol–water partition coefficient (Wildman–Crippen LogP) is 3.33. The summed E-state index contributed by atoms with van der Waals surface area (Å²) >= 11 is 0. The van der Waals surface area contributed by atoms with Gasteiger partial charge in [-0.2, -0.15) is 0 Å². The highest BCUT2D eigenvalue weighted by Crippen LogP contribution is 2.26. The van der Waals surface area contributed by atoms with Crippen molar-refractivity contribution in [1.82, 2.24) is 20.4 Å². The molecule has 0 bridgehead atoms. The molecule has 3 heterocycles. The van der Waals surface area contributed by atoms with Crippen molar-refractivity contribution >= 4 is 11.7 Å². The van der Waals surface area contributed by atoms with Crippen LogP contribution < -0.4 is 10.6 Å². The van der Waals surface area contributed by atoms with Crippen molar-refractivity contribution < 1.29 is 14.6 Å². The van der Waals surface area contributed by atoms with Gasteiger partial charge in [-0.25, -0.2) is 4.99 Å². The Balaban J connectivity index is 1.60. The average molecular weight is 514 g/mol. The largest absolute Gasteiger partial charge is 0.376 e. The molecule has 3 rings (SSSR count). The summed E-state index contributed by atoms with van der Waals surface area (Å²) in [7, 11) is 0. The molecule has 2 fully saturated rings. The standard InChI is InChI=1S/C29H47N5O3/c1-8-24(18-33-14-15-37-22(6)17-33)12-11-20(4)10-9-13-34-23(7)25(16-21(5)19(2)3)30-26-27(34)31-29(36)32-28(26)35/h8,11,22,24-26,29-30,36H,1,7,9-10,12-18H2,2-6H3,(H,32,35)/b20-11+/t22-,24-,25?,26?,29?/m1/s1. The molecule has 0 saturated carbocycles. The molecule has 1 amide bonds. The van der Waals surface area contributed by atoms with Crippen molar-refractivity contribution in [3.8, 4) is 0 Å². The third-order valence-electron chi connectivity index (χ3n) is 7.68. The molecule has 3 N–H and O–H groups in total. The van der Waals surface area contributed by atoms with E-state index in [1.807, 2.05) is 4.90 Å². The lowest BCUT2D eigenvalue weighted by Crippen LogP contribution is -2.66. The van der Waals surface area contributed by atoms with Crippen molar-refractivity contribution in [3.63, 3.8) is 0 Å². The number of amides is 1. The Kier molecular flexibility index (Phi) is 10.7. The number of ether oxygens (including phenoxy) is 1. The number of carbonyl (C=O) groups is 1. The minimum Gasteiger partial charge on any atom is -0.376 e. The normalized spacial score (nSPS) is 27.8. The predicted molar refractivity (Wildman–Crippen MR) is 150 cm³/mol. The summed E-state index contributed by atoms with van der Waals surface area (Å²) in [5.74, 6) is 0.723. The summed E-state index contributed by atoms with van der Waals surface area (Å²) in [6, 6.07) is -0.649. The lowest BCUT2D eigenvalue weighted by atomic mass is 9.95. The van der Waals surface area contributed by atoms with Gasteiger partial charge in [-0.15, -0.1) is 6.58 Å². The molecular formula is C29H47N5O3. The lowest BCUT2D eigenvalue weighted by Gasteiger charge is -2.44. The zero-order chi connectivity index (χ0) is 27.1. The lowest BCUT2D eigenvalue weighted by molar-refractivity contribution is -0.125. The van der Waals surface area contributed by atoms with E-state index in [-0.39, 0.29) is 11.9 Å². The van der Waals surface area contributed by atoms with Gasteiger partial charge in [0.25, 0.3) is 0 Å². The zero-order valence-corrected chi connectivity index (χ0v) is 23.4. The highest BCUT2D eigenvalue weighted by Gasteiger charge is 2.41. The third-order valence-corrected chi connectivity index (χ3v) is 7.68. The number of aliphatic hydroxyl groups is 1. The van der Waals surface area contributed by atoms with Crippen LogP contribution in [0.1, 0.15) is 60.3 Å². The molecular weight excluding hydrogens is 466 g/mol. The van der Waals surface area contributed by atoms with E-state index in [1.165, 1.54) is 16.7 Å². The summed E-state index contributed by atoms with van der Waals surface area (Å²) in [4.78, 5) is 21.5. The van der Waals surface area contributed by atoms with Crippen LogP contribution in [0.5, 0.6) is 0 Å². The van der Waals surface area contributed by atoms with Gasteiger partial charge in [0.2, 0.25) is 12.3 Å². The van der Waals surface area contributed by atoms with Gasteiger partial charge in [0.15, 0.2) is 0 Å². The van der Waals surface area contributed by atoms with E-state index in [1.54, 1.807) is 0 Å². The number of piperazine rings is 1. The molecule has 0 aromatic rings. The second-order valence-corrected chi connectivity index (χ2v) is 11.0. The number of rotatable bonds is 11. The van der Waals surface area contributed by atoms with Gasteiger partial charge in [-0.1, -0.05) is 35.5 Å². The second-order valence-electron chi connectivity index (χ2n) is 11.0. The molecule has 8 heteroatoms. The van der Waals surface area contributed by atoms with Crippen molar-refractivity contribution in [2.75, 3.05) is 32.8 Å². The first-order valence-corrected chi connectivity index (χ1v) is 13.6. The van der Waals surface area contributed by atoms with E-state index in [9.17, 15) is 9.90 Å². The van der Waals surface area contributed by atoms with Crippen LogP contribution in [0.2, 0.25) is 0 Å². The van der Waals surface area contributed by atoms with Crippen LogP contribution in [0.4, 0.5) is 0 Å². The molecule has 0 aromatic carbocycles. The highest BCUT2D eigenvalue weighted by molar-refractivity contribution is 6.09. The number of allylic oxidation sites excluding steroid dienone is 3. The van der Waals surface area contributed by atoms with Gasteiger partial charge in [0, 0.05) is 31.9 Å². The summed E-state index contributed by atoms with van der Waals surface area (Å²) in [5, 5.41) is 16.0. The molecule has 8 nitrogen and oxygen atoms in total. The third kappa shape index (κ3) is 8.11. The first-order valence-electron chi connectivity index (χ1n) is 13.6. The molecule has 37 heavy (non-hydrogen) atoms. The molecule has 206 valence electrons. The van der Waals surface area contributed by atoms with Gasteiger partial charge in [-0.3, -0.25) is 15.0 Å². The van der Waals surface area contributed by atoms with E-state index < -0.39 is 12.4 Å². The number of aliphatic imine (C=N–C) groups is 1. The topological polar surface area (TPSA) is 89.4 Å². The van der Waals surface area contributed by atoms with Gasteiger partial charge < -0.3 is 20.1 Å². The maximum atomic E-state index is 12.7. The Bertz CT molecular complexity index is 936. The maximum absolute atomic E-state index is 12.7. The van der Waals surface area contributed by atoms with Crippen LogP contribution in [0.15, 0.2) is 52.7 Å². The van der Waals surface area contributed by atoms with Crippen LogP contribution in [0, 0.1) is 5.92 Å². The van der Waals surface area contributed by atoms with Crippen LogP contribution in [0.25, 0.3) is 0 Å². The first kappa shape index (κ1) is 29.3. The summed E-state index contributed by atoms with van der Waals surface area (Å²) in [6.45, 7) is 23.5. The monoisotopic (exact) mass is 513 g/mol. The molecule has 5 atom stereocenters. The quantitative estimate of drug-likeness (QED) is 0.367. The Hall–Kier alpha value is -2.26. The molecule has 3 aliphatic heterocycles. The van der Waals surface area contributed by atoms with Gasteiger partial charge >= 0.3 is 0 Å². The number of fused-ring (bicyclic) bond motifs is 1. The highest BCUT2D eigenvalue weighted by atomic mass is 16.5. The Morgan fingerprint density at radius 2 is 2.08 bits per heavy atom. The maximum Gasteiger partial charge on any atom is 0.248 e. The fourth-order valence-electron chi connectivity index (χ4n) is 5.12. The van der Waals surface area contributed by atoms with E-state index in [0.717, 1.165) is 57.6 Å². The first-order chi connectivity index (χ1) is 17.6. The Morgan fingerprint density at radius 1 is 1.32 bits per heavy atom. The second kappa shape index (κ2) is 13.5. The number of hydrogen-bond acceptors (Lipinski definition) is 7. The minimum absolute atomic E-state index is 0.0623. The molecule has 2 saturated heterocycles. The molecule has 0 aromatic heterocycles. The van der Waals surface area contributed by atoms with Gasteiger partial charge in [0.1, 0.15) is 11.9 Å². The number of carbonyl (C=O) groups excluding carboxylic acids is 1. The average Bonchev–Trinajstić information content (AvgIpc) is 2.84. The molecule has 3 unspecified atom stereocenters. The molecule has 0 radical (unpaired) electrons. The summed E-state index contributed by atoms with van der Waals surface area (Å²) < 4.78 is 5.66. The van der Waals surface area contributed by atoms with Crippen LogP contribution in [-0.2, 0) is 9.53 Å². The summed E-state index contributed by atoms with van der Waals surface area (Å²) in [6.07, 6.45) is 7.08. The van der Waals surface area contributed by atoms with Crippen molar-refractivity contribution in [2.45, 2.75) is 84.8 Å². The number of aliphatic hydroxyl groups excluding tert-OH is 1. The van der Waals surface area contributed by atoms with E-state index in [4.69, 9.17) is 4.74 Å². The van der Waals surface area contributed by atoms with Crippen molar-refractivity contribution in [3.05, 3.63) is 47.7 Å². The van der Waals surface area contributed by atoms with Crippen LogP contribution in [-0.4, -0.2) is 84.0 Å². The fraction of sp³-hybridized carbons (Fsp3) is 0.655. The Labute approximate surface area is 223 Å². The Morgan fingerprint density at radius 3 is 2.76 bits per heavy atom. The van der Waals surface area contributed by atoms with E-state index in [2.05, 4.69) is 80.5 Å². The number of nitrogens with one attached hydrogen (secondary N) is 2. The van der Waals surface area contributed by atoms with Crippen molar-refractivity contribution in [2.24, 2.45) is 10.9 Å². The van der Waals surface area contributed by atoms with Crippen molar-refractivity contribution in [1.29, 1.82) is 0 Å². The number of hydrogen-bond donors (Lipinski definition) is 3. The number of nitrogens with zero attached hydrogens (tertiary/aromatic N) is 3. The summed E-state index contributed by atoms with van der Waals surface area (Å²) in [5.41, 5.74) is 4.79. The van der Waals surface area contributed by atoms with E-state index in [0.29, 0.717) is 24.4 Å². The van der Waals surface area contributed by atoms with Crippen LogP contribution in [0.3, 0.4) is 0 Å². The van der Waals surface area contributed by atoms with Gasteiger partial charge in [-0.05, 0) is 66.2 Å². The molecule has 0 spiro atoms. The smallest absolute Gasteiger partial charge is 0.248 e.